The fourth-order valence-electron chi connectivity index (χ4n) is 4.23. The number of nitrogens with two attached hydrogens (primary N) is 1. The molecule has 0 saturated carbocycles. The molecule has 40 heavy (non-hydrogen) atoms. The fraction of sp³-hybridized carbons (Fsp3) is 0.483. The largest absolute Gasteiger partial charge is 0.465 e. The van der Waals surface area contributed by atoms with E-state index in [1.807, 2.05) is 58.0 Å². The Balaban J connectivity index is 2.37. The number of nitrogens with zero attached hydrogens (tertiary/aromatic N) is 2. The van der Waals surface area contributed by atoms with E-state index >= 15 is 0 Å². The highest BCUT2D eigenvalue weighted by Gasteiger charge is 2.34. The average molecular weight is 622 g/mol. The first-order valence-corrected chi connectivity index (χ1v) is 14.2. The van der Waals surface area contributed by atoms with Gasteiger partial charge in [-0.1, -0.05) is 58.4 Å². The second-order valence-electron chi connectivity index (χ2n) is 9.46. The first-order valence-electron chi connectivity index (χ1n) is 13.4. The van der Waals surface area contributed by atoms with Crippen LogP contribution >= 0.6 is 15.9 Å². The van der Waals surface area contributed by atoms with Crippen molar-refractivity contribution in [3.05, 3.63) is 70.2 Å². The number of rotatable bonds is 16. The SMILES string of the molecule is CCOC(CN(C(=O)C(Cc1ccc(Br)cc1)NC(=O)C(CN)N(Cc1ccccc1)C(=O)O)C(C)C)OCC. The van der Waals surface area contributed by atoms with Crippen molar-refractivity contribution in [3.63, 3.8) is 0 Å². The highest BCUT2D eigenvalue weighted by molar-refractivity contribution is 9.10. The predicted molar refractivity (Wildman–Crippen MR) is 157 cm³/mol. The maximum absolute atomic E-state index is 14.0. The van der Waals surface area contributed by atoms with E-state index in [-0.39, 0.29) is 38.0 Å². The molecule has 2 aromatic rings. The summed E-state index contributed by atoms with van der Waals surface area (Å²) in [6.45, 7) is 8.15. The maximum atomic E-state index is 14.0. The quantitative estimate of drug-likeness (QED) is 0.244. The van der Waals surface area contributed by atoms with E-state index < -0.39 is 30.4 Å². The van der Waals surface area contributed by atoms with E-state index in [4.69, 9.17) is 15.2 Å². The Morgan fingerprint density at radius 1 is 0.950 bits per heavy atom. The second-order valence-corrected chi connectivity index (χ2v) is 10.4. The highest BCUT2D eigenvalue weighted by atomic mass is 79.9. The molecule has 0 spiro atoms. The molecule has 0 aromatic heterocycles. The molecule has 220 valence electrons. The van der Waals surface area contributed by atoms with Gasteiger partial charge in [-0.25, -0.2) is 4.79 Å². The molecular formula is C29H41BrN4O6. The summed E-state index contributed by atoms with van der Waals surface area (Å²) < 4.78 is 12.2. The summed E-state index contributed by atoms with van der Waals surface area (Å²) >= 11 is 3.42. The Morgan fingerprint density at radius 2 is 1.55 bits per heavy atom. The number of hydrogen-bond acceptors (Lipinski definition) is 6. The lowest BCUT2D eigenvalue weighted by molar-refractivity contribution is -0.163. The van der Waals surface area contributed by atoms with Crippen molar-refractivity contribution in [1.29, 1.82) is 0 Å². The molecule has 2 rings (SSSR count). The molecule has 2 aromatic carbocycles. The predicted octanol–water partition coefficient (Wildman–Crippen LogP) is 3.62. The van der Waals surface area contributed by atoms with Gasteiger partial charge in [-0.05, 0) is 51.0 Å². The van der Waals surface area contributed by atoms with Crippen LogP contribution in [0.2, 0.25) is 0 Å². The third kappa shape index (κ3) is 10.2. The van der Waals surface area contributed by atoms with Gasteiger partial charge in [-0.3, -0.25) is 14.5 Å². The molecular weight excluding hydrogens is 580 g/mol. The molecule has 0 aliphatic heterocycles. The van der Waals surface area contributed by atoms with Crippen LogP contribution in [0.5, 0.6) is 0 Å². The van der Waals surface area contributed by atoms with Crippen LogP contribution in [0.3, 0.4) is 0 Å². The molecule has 0 saturated heterocycles. The molecule has 0 aliphatic carbocycles. The van der Waals surface area contributed by atoms with Gasteiger partial charge in [0.05, 0.1) is 6.54 Å². The van der Waals surface area contributed by atoms with Gasteiger partial charge in [0.1, 0.15) is 12.1 Å². The topological polar surface area (TPSA) is 134 Å². The maximum Gasteiger partial charge on any atom is 0.408 e. The molecule has 11 heteroatoms. The summed E-state index contributed by atoms with van der Waals surface area (Å²) in [6, 6.07) is 14.0. The molecule has 3 amide bonds. The summed E-state index contributed by atoms with van der Waals surface area (Å²) in [5.41, 5.74) is 7.46. The number of benzene rings is 2. The van der Waals surface area contributed by atoms with Crippen LogP contribution in [0, 0.1) is 0 Å². The fourth-order valence-corrected chi connectivity index (χ4v) is 4.50. The van der Waals surface area contributed by atoms with Crippen molar-refractivity contribution >= 4 is 33.8 Å². The molecule has 0 heterocycles. The van der Waals surface area contributed by atoms with E-state index in [1.54, 1.807) is 29.2 Å². The normalized spacial score (nSPS) is 12.7. The van der Waals surface area contributed by atoms with Crippen LogP contribution in [0.4, 0.5) is 4.79 Å². The third-order valence-electron chi connectivity index (χ3n) is 6.27. The second kappa shape index (κ2) is 17.0. The number of carboxylic acid groups (broad SMARTS) is 1. The van der Waals surface area contributed by atoms with E-state index in [0.717, 1.165) is 14.9 Å². The lowest BCUT2D eigenvalue weighted by Crippen LogP contribution is -2.59. The lowest BCUT2D eigenvalue weighted by Gasteiger charge is -2.35. The van der Waals surface area contributed by atoms with Gasteiger partial charge in [0.2, 0.25) is 11.8 Å². The van der Waals surface area contributed by atoms with E-state index in [1.165, 1.54) is 0 Å². The molecule has 0 fully saturated rings. The highest BCUT2D eigenvalue weighted by Crippen LogP contribution is 2.16. The van der Waals surface area contributed by atoms with Crippen molar-refractivity contribution in [2.45, 2.75) is 65.1 Å². The zero-order chi connectivity index (χ0) is 29.7. The first kappa shape index (κ1) is 33.2. The van der Waals surface area contributed by atoms with Crippen molar-refractivity contribution in [1.82, 2.24) is 15.1 Å². The summed E-state index contributed by atoms with van der Waals surface area (Å²) in [5, 5.41) is 12.7. The number of halogens is 1. The summed E-state index contributed by atoms with van der Waals surface area (Å²) in [4.78, 5) is 42.3. The van der Waals surface area contributed by atoms with Crippen LogP contribution in [0.1, 0.15) is 38.8 Å². The van der Waals surface area contributed by atoms with Gasteiger partial charge < -0.3 is 30.5 Å². The van der Waals surface area contributed by atoms with Crippen LogP contribution in [0.25, 0.3) is 0 Å². The summed E-state index contributed by atoms with van der Waals surface area (Å²) in [7, 11) is 0. The van der Waals surface area contributed by atoms with Crippen LogP contribution in [-0.4, -0.2) is 83.5 Å². The number of carbonyl (C=O) groups is 3. The van der Waals surface area contributed by atoms with Gasteiger partial charge in [0.15, 0.2) is 6.29 Å². The monoisotopic (exact) mass is 620 g/mol. The third-order valence-corrected chi connectivity index (χ3v) is 6.80. The van der Waals surface area contributed by atoms with Crippen molar-refractivity contribution in [2.24, 2.45) is 5.73 Å². The minimum atomic E-state index is -1.29. The molecule has 10 nitrogen and oxygen atoms in total. The first-order chi connectivity index (χ1) is 19.1. The van der Waals surface area contributed by atoms with Gasteiger partial charge in [-0.15, -0.1) is 0 Å². The lowest BCUT2D eigenvalue weighted by atomic mass is 10.0. The molecule has 2 unspecified atom stereocenters. The van der Waals surface area contributed by atoms with Crippen molar-refractivity contribution in [3.8, 4) is 0 Å². The molecule has 0 aliphatic rings. The number of amides is 3. The van der Waals surface area contributed by atoms with E-state index in [0.29, 0.717) is 18.8 Å². The zero-order valence-electron chi connectivity index (χ0n) is 23.6. The molecule has 0 bridgehead atoms. The smallest absolute Gasteiger partial charge is 0.408 e. The Hall–Kier alpha value is -2.99. The van der Waals surface area contributed by atoms with E-state index in [2.05, 4.69) is 21.2 Å². The van der Waals surface area contributed by atoms with E-state index in [9.17, 15) is 19.5 Å². The summed E-state index contributed by atoms with van der Waals surface area (Å²) in [6.07, 6.45) is -1.72. The molecule has 4 N–H and O–H groups in total. The van der Waals surface area contributed by atoms with Gasteiger partial charge in [0.25, 0.3) is 0 Å². The number of ether oxygens (including phenoxy) is 2. The van der Waals surface area contributed by atoms with Crippen LogP contribution < -0.4 is 11.1 Å². The standard InChI is InChI=1S/C29H41BrN4O6/c1-5-39-26(40-6-2)19-33(20(3)4)28(36)24(16-21-12-14-23(30)15-13-21)32-27(35)25(17-31)34(29(37)38)18-22-10-8-7-9-11-22/h7-15,20,24-26H,5-6,16-19,31H2,1-4H3,(H,32,35)(H,37,38). The molecule has 0 radical (unpaired) electrons. The van der Waals surface area contributed by atoms with Crippen LogP contribution in [0.15, 0.2) is 59.1 Å². The minimum absolute atomic E-state index is 0.0285. The Kier molecular flexibility index (Phi) is 14.1. The minimum Gasteiger partial charge on any atom is -0.465 e. The van der Waals surface area contributed by atoms with Crippen LogP contribution in [-0.2, 0) is 32.0 Å². The molecule has 2 atom stereocenters. The van der Waals surface area contributed by atoms with Crippen molar-refractivity contribution < 1.29 is 29.0 Å². The summed E-state index contributed by atoms with van der Waals surface area (Å²) in [5.74, 6) is -0.984. The zero-order valence-corrected chi connectivity index (χ0v) is 25.2. The number of hydrogen-bond donors (Lipinski definition) is 3. The van der Waals surface area contributed by atoms with Gasteiger partial charge in [0, 0.05) is 43.2 Å². The van der Waals surface area contributed by atoms with Crippen molar-refractivity contribution in [2.75, 3.05) is 26.3 Å². The number of nitrogens with one attached hydrogen (secondary N) is 1. The Bertz CT molecular complexity index is 1060. The van der Waals surface area contributed by atoms with Gasteiger partial charge in [-0.2, -0.15) is 0 Å². The Labute approximate surface area is 244 Å². The van der Waals surface area contributed by atoms with Gasteiger partial charge >= 0.3 is 6.09 Å². The Morgan fingerprint density at radius 3 is 2.05 bits per heavy atom. The average Bonchev–Trinajstić information content (AvgIpc) is 2.92. The number of carbonyl (C=O) groups excluding carboxylic acids is 2.